The van der Waals surface area contributed by atoms with Crippen LogP contribution >= 0.6 is 31.9 Å². The summed E-state index contributed by atoms with van der Waals surface area (Å²) in [7, 11) is 2.06. The van der Waals surface area contributed by atoms with Gasteiger partial charge < -0.3 is 4.90 Å². The zero-order valence-electron chi connectivity index (χ0n) is 8.79. The smallest absolute Gasteiger partial charge is 0.146 e. The molecular formula is C10H15Br2N3. The lowest BCUT2D eigenvalue weighted by Gasteiger charge is -2.18. The molecule has 0 atom stereocenters. The minimum atomic E-state index is 0.952. The molecule has 0 aliphatic heterocycles. The van der Waals surface area contributed by atoms with Crippen molar-refractivity contribution in [3.63, 3.8) is 0 Å². The Bertz CT molecular complexity index is 294. The van der Waals surface area contributed by atoms with Crippen molar-refractivity contribution in [3.05, 3.63) is 17.0 Å². The van der Waals surface area contributed by atoms with Gasteiger partial charge in [-0.05, 0) is 28.8 Å². The predicted octanol–water partition coefficient (Wildman–Crippen LogP) is 3.24. The first-order valence-corrected chi connectivity index (χ1v) is 6.89. The number of halogens is 2. The SMILES string of the molecule is CN(CCCCCBr)c1ncncc1Br. The molecule has 3 nitrogen and oxygen atoms in total. The molecule has 0 aliphatic rings. The van der Waals surface area contributed by atoms with Crippen LogP contribution in [0.25, 0.3) is 0 Å². The Kier molecular flexibility index (Phi) is 6.17. The molecule has 15 heavy (non-hydrogen) atoms. The Morgan fingerprint density at radius 3 is 2.80 bits per heavy atom. The number of alkyl halides is 1. The summed E-state index contributed by atoms with van der Waals surface area (Å²) in [6, 6.07) is 0. The number of anilines is 1. The number of nitrogens with zero attached hydrogens (tertiary/aromatic N) is 3. The zero-order valence-corrected chi connectivity index (χ0v) is 12.0. The van der Waals surface area contributed by atoms with E-state index in [1.165, 1.54) is 19.3 Å². The maximum Gasteiger partial charge on any atom is 0.146 e. The summed E-state index contributed by atoms with van der Waals surface area (Å²) in [6.07, 6.45) is 7.03. The molecule has 0 unspecified atom stereocenters. The molecule has 0 radical (unpaired) electrons. The second-order valence-electron chi connectivity index (χ2n) is 3.37. The molecule has 0 bridgehead atoms. The molecule has 0 saturated heterocycles. The van der Waals surface area contributed by atoms with Gasteiger partial charge in [-0.1, -0.05) is 22.4 Å². The number of hydrogen-bond donors (Lipinski definition) is 0. The van der Waals surface area contributed by atoms with Crippen LogP contribution in [0.3, 0.4) is 0 Å². The monoisotopic (exact) mass is 335 g/mol. The molecule has 5 heteroatoms. The number of unbranched alkanes of at least 4 members (excludes halogenated alkanes) is 2. The zero-order chi connectivity index (χ0) is 11.1. The third kappa shape index (κ3) is 4.47. The number of aromatic nitrogens is 2. The van der Waals surface area contributed by atoms with Gasteiger partial charge in [-0.3, -0.25) is 0 Å². The second kappa shape index (κ2) is 7.17. The first-order chi connectivity index (χ1) is 7.25. The Hall–Kier alpha value is -0.160. The summed E-state index contributed by atoms with van der Waals surface area (Å²) in [5.74, 6) is 0.962. The molecule has 0 aromatic carbocycles. The quantitative estimate of drug-likeness (QED) is 0.590. The van der Waals surface area contributed by atoms with Gasteiger partial charge in [0.1, 0.15) is 12.1 Å². The van der Waals surface area contributed by atoms with Crippen LogP contribution in [0, 0.1) is 0 Å². The molecule has 1 aromatic heterocycles. The van der Waals surface area contributed by atoms with E-state index in [9.17, 15) is 0 Å². The second-order valence-corrected chi connectivity index (χ2v) is 5.01. The highest BCUT2D eigenvalue weighted by Crippen LogP contribution is 2.20. The van der Waals surface area contributed by atoms with E-state index in [0.717, 1.165) is 22.2 Å². The van der Waals surface area contributed by atoms with Crippen LogP contribution in [0.1, 0.15) is 19.3 Å². The van der Waals surface area contributed by atoms with Crippen LogP contribution in [-0.2, 0) is 0 Å². The fourth-order valence-electron chi connectivity index (χ4n) is 1.31. The first-order valence-electron chi connectivity index (χ1n) is 4.98. The molecule has 1 aromatic rings. The fraction of sp³-hybridized carbons (Fsp3) is 0.600. The van der Waals surface area contributed by atoms with Crippen LogP contribution in [0.5, 0.6) is 0 Å². The largest absolute Gasteiger partial charge is 0.359 e. The molecule has 0 aliphatic carbocycles. The van der Waals surface area contributed by atoms with E-state index < -0.39 is 0 Å². The maximum absolute atomic E-state index is 4.24. The summed E-state index contributed by atoms with van der Waals surface area (Å²) >= 11 is 6.88. The highest BCUT2D eigenvalue weighted by Gasteiger charge is 2.05. The van der Waals surface area contributed by atoms with Gasteiger partial charge in [0, 0.05) is 25.1 Å². The van der Waals surface area contributed by atoms with Gasteiger partial charge in [-0.25, -0.2) is 9.97 Å². The van der Waals surface area contributed by atoms with E-state index in [2.05, 4.69) is 53.8 Å². The lowest BCUT2D eigenvalue weighted by molar-refractivity contribution is 0.705. The molecule has 84 valence electrons. The van der Waals surface area contributed by atoms with Gasteiger partial charge >= 0.3 is 0 Å². The van der Waals surface area contributed by atoms with Crippen LogP contribution < -0.4 is 4.90 Å². The molecular weight excluding hydrogens is 322 g/mol. The average molecular weight is 337 g/mol. The van der Waals surface area contributed by atoms with Crippen LogP contribution in [-0.4, -0.2) is 28.9 Å². The van der Waals surface area contributed by atoms with Crippen molar-refractivity contribution in [1.29, 1.82) is 0 Å². The van der Waals surface area contributed by atoms with Crippen LogP contribution in [0.15, 0.2) is 17.0 Å². The van der Waals surface area contributed by atoms with Crippen LogP contribution in [0.2, 0.25) is 0 Å². The summed E-state index contributed by atoms with van der Waals surface area (Å²) in [5.41, 5.74) is 0. The summed E-state index contributed by atoms with van der Waals surface area (Å²) in [6.45, 7) is 1.03. The molecule has 0 spiro atoms. The van der Waals surface area contributed by atoms with E-state index in [-0.39, 0.29) is 0 Å². The van der Waals surface area contributed by atoms with Crippen molar-refractivity contribution >= 4 is 37.7 Å². The topological polar surface area (TPSA) is 29.0 Å². The third-order valence-electron chi connectivity index (χ3n) is 2.14. The van der Waals surface area contributed by atoms with Crippen molar-refractivity contribution in [2.75, 3.05) is 23.8 Å². The molecule has 0 amide bonds. The van der Waals surface area contributed by atoms with Gasteiger partial charge in [0.2, 0.25) is 0 Å². The molecule has 0 fully saturated rings. The highest BCUT2D eigenvalue weighted by atomic mass is 79.9. The van der Waals surface area contributed by atoms with Gasteiger partial charge in [-0.2, -0.15) is 0 Å². The Morgan fingerprint density at radius 2 is 2.13 bits per heavy atom. The molecule has 0 saturated carbocycles. The average Bonchev–Trinajstić information content (AvgIpc) is 2.25. The normalized spacial score (nSPS) is 10.3. The number of hydrogen-bond acceptors (Lipinski definition) is 3. The minimum Gasteiger partial charge on any atom is -0.359 e. The van der Waals surface area contributed by atoms with Gasteiger partial charge in [0.25, 0.3) is 0 Å². The van der Waals surface area contributed by atoms with E-state index >= 15 is 0 Å². The van der Waals surface area contributed by atoms with Crippen molar-refractivity contribution in [2.24, 2.45) is 0 Å². The van der Waals surface area contributed by atoms with E-state index in [1.807, 2.05) is 0 Å². The minimum absolute atomic E-state index is 0.952. The summed E-state index contributed by atoms with van der Waals surface area (Å²) in [4.78, 5) is 10.3. The highest BCUT2D eigenvalue weighted by molar-refractivity contribution is 9.10. The van der Waals surface area contributed by atoms with Crippen LogP contribution in [0.4, 0.5) is 5.82 Å². The molecule has 1 heterocycles. The third-order valence-corrected chi connectivity index (χ3v) is 3.26. The lowest BCUT2D eigenvalue weighted by atomic mass is 10.2. The van der Waals surface area contributed by atoms with Gasteiger partial charge in [0.15, 0.2) is 0 Å². The standard InChI is InChI=1S/C10H15Br2N3/c1-15(6-4-2-3-5-11)10-9(12)7-13-8-14-10/h7-8H,2-6H2,1H3. The maximum atomic E-state index is 4.24. The van der Waals surface area contributed by atoms with Crippen molar-refractivity contribution in [1.82, 2.24) is 9.97 Å². The Morgan fingerprint density at radius 1 is 1.33 bits per heavy atom. The van der Waals surface area contributed by atoms with Crippen molar-refractivity contribution in [2.45, 2.75) is 19.3 Å². The fourth-order valence-corrected chi connectivity index (χ4v) is 2.23. The summed E-state index contributed by atoms with van der Waals surface area (Å²) in [5, 5.41) is 1.09. The summed E-state index contributed by atoms with van der Waals surface area (Å²) < 4.78 is 0.952. The number of rotatable bonds is 6. The van der Waals surface area contributed by atoms with Gasteiger partial charge in [-0.15, -0.1) is 0 Å². The predicted molar refractivity (Wildman–Crippen MR) is 70.6 cm³/mol. The van der Waals surface area contributed by atoms with Crippen molar-refractivity contribution in [3.8, 4) is 0 Å². The van der Waals surface area contributed by atoms with E-state index in [4.69, 9.17) is 0 Å². The van der Waals surface area contributed by atoms with Gasteiger partial charge in [0.05, 0.1) is 4.47 Å². The first kappa shape index (κ1) is 12.9. The Labute approximate surface area is 108 Å². The molecule has 0 N–H and O–H groups in total. The van der Waals surface area contributed by atoms with Crippen molar-refractivity contribution < 1.29 is 0 Å². The molecule has 1 rings (SSSR count). The Balaban J connectivity index is 2.40. The van der Waals surface area contributed by atoms with E-state index in [1.54, 1.807) is 12.5 Å². The van der Waals surface area contributed by atoms with E-state index in [0.29, 0.717) is 0 Å². The lowest BCUT2D eigenvalue weighted by Crippen LogP contribution is -2.20.